The van der Waals surface area contributed by atoms with Crippen LogP contribution in [0.15, 0.2) is 54.6 Å². The van der Waals surface area contributed by atoms with Gasteiger partial charge in [-0.3, -0.25) is 0 Å². The van der Waals surface area contributed by atoms with Crippen LogP contribution in [0.4, 0.5) is 4.39 Å². The van der Waals surface area contributed by atoms with E-state index in [0.29, 0.717) is 12.1 Å². The van der Waals surface area contributed by atoms with Crippen LogP contribution in [-0.2, 0) is 0 Å². The van der Waals surface area contributed by atoms with Gasteiger partial charge in [0.15, 0.2) is 0 Å². The van der Waals surface area contributed by atoms with Crippen LogP contribution in [0.2, 0.25) is 0 Å². The third kappa shape index (κ3) is 3.88. The van der Waals surface area contributed by atoms with Gasteiger partial charge in [-0.15, -0.1) is 0 Å². The molecule has 0 spiro atoms. The van der Waals surface area contributed by atoms with E-state index in [2.05, 4.69) is 5.32 Å². The fourth-order valence-electron chi connectivity index (χ4n) is 1.95. The Hall–Kier alpha value is -1.71. The molecule has 0 aliphatic rings. The van der Waals surface area contributed by atoms with E-state index in [4.69, 9.17) is 0 Å². The van der Waals surface area contributed by atoms with Crippen molar-refractivity contribution in [2.75, 3.05) is 6.54 Å². The molecule has 0 fully saturated rings. The Morgan fingerprint density at radius 2 is 1.63 bits per heavy atom. The number of hydrogen-bond donors (Lipinski definition) is 2. The Balaban J connectivity index is 1.90. The highest BCUT2D eigenvalue weighted by atomic mass is 19.1. The number of benzene rings is 2. The van der Waals surface area contributed by atoms with Gasteiger partial charge in [0.05, 0.1) is 6.10 Å². The van der Waals surface area contributed by atoms with Crippen molar-refractivity contribution in [3.05, 3.63) is 71.5 Å². The van der Waals surface area contributed by atoms with Crippen molar-refractivity contribution in [2.45, 2.75) is 19.1 Å². The topological polar surface area (TPSA) is 32.3 Å². The van der Waals surface area contributed by atoms with E-state index >= 15 is 0 Å². The number of nitrogens with one attached hydrogen (secondary N) is 1. The van der Waals surface area contributed by atoms with E-state index in [1.165, 1.54) is 17.7 Å². The molecule has 2 rings (SSSR count). The van der Waals surface area contributed by atoms with Crippen LogP contribution in [0.1, 0.15) is 30.2 Å². The van der Waals surface area contributed by atoms with Gasteiger partial charge in [0.2, 0.25) is 0 Å². The molecule has 0 aliphatic heterocycles. The van der Waals surface area contributed by atoms with E-state index in [0.717, 1.165) is 0 Å². The molecular weight excluding hydrogens is 241 g/mol. The van der Waals surface area contributed by atoms with Gasteiger partial charge in [0.1, 0.15) is 5.82 Å². The monoisotopic (exact) mass is 259 g/mol. The molecule has 0 saturated heterocycles. The van der Waals surface area contributed by atoms with Crippen LogP contribution >= 0.6 is 0 Å². The second-order valence-electron chi connectivity index (χ2n) is 4.61. The van der Waals surface area contributed by atoms with Gasteiger partial charge in [0, 0.05) is 12.6 Å². The predicted octanol–water partition coefficient (Wildman–Crippen LogP) is 3.21. The number of rotatable bonds is 5. The quantitative estimate of drug-likeness (QED) is 0.864. The van der Waals surface area contributed by atoms with Gasteiger partial charge < -0.3 is 10.4 Å². The van der Waals surface area contributed by atoms with E-state index < -0.39 is 6.10 Å². The highest BCUT2D eigenvalue weighted by Crippen LogP contribution is 2.15. The fourth-order valence-corrected chi connectivity index (χ4v) is 1.95. The molecule has 100 valence electrons. The maximum absolute atomic E-state index is 12.8. The Morgan fingerprint density at radius 3 is 2.26 bits per heavy atom. The lowest BCUT2D eigenvalue weighted by Crippen LogP contribution is -2.24. The second-order valence-corrected chi connectivity index (χ2v) is 4.61. The van der Waals surface area contributed by atoms with Crippen LogP contribution in [0.25, 0.3) is 0 Å². The third-order valence-corrected chi connectivity index (χ3v) is 3.17. The normalized spacial score (nSPS) is 14.1. The molecule has 3 heteroatoms. The van der Waals surface area contributed by atoms with Crippen LogP contribution in [0.5, 0.6) is 0 Å². The summed E-state index contributed by atoms with van der Waals surface area (Å²) >= 11 is 0. The minimum absolute atomic E-state index is 0.163. The van der Waals surface area contributed by atoms with E-state index in [1.54, 1.807) is 12.1 Å². The zero-order valence-corrected chi connectivity index (χ0v) is 10.9. The van der Waals surface area contributed by atoms with Gasteiger partial charge in [-0.05, 0) is 30.2 Å². The minimum atomic E-state index is -0.633. The Kier molecular flexibility index (Phi) is 4.66. The molecule has 2 aromatic carbocycles. The molecule has 0 saturated carbocycles. The molecule has 0 unspecified atom stereocenters. The van der Waals surface area contributed by atoms with Crippen LogP contribution in [0.3, 0.4) is 0 Å². The molecule has 0 aliphatic carbocycles. The molecule has 0 heterocycles. The summed E-state index contributed by atoms with van der Waals surface area (Å²) in [5, 5.41) is 13.3. The maximum Gasteiger partial charge on any atom is 0.123 e. The van der Waals surface area contributed by atoms with Crippen LogP contribution < -0.4 is 5.32 Å². The van der Waals surface area contributed by atoms with Gasteiger partial charge in [-0.1, -0.05) is 42.5 Å². The molecule has 2 atom stereocenters. The first-order valence-corrected chi connectivity index (χ1v) is 6.38. The summed E-state index contributed by atoms with van der Waals surface area (Å²) in [6.07, 6.45) is -0.633. The number of aliphatic hydroxyl groups is 1. The summed E-state index contributed by atoms with van der Waals surface area (Å²) < 4.78 is 12.8. The molecule has 2 N–H and O–H groups in total. The first-order chi connectivity index (χ1) is 9.16. The lowest BCUT2D eigenvalue weighted by molar-refractivity contribution is 0.170. The van der Waals surface area contributed by atoms with Crippen molar-refractivity contribution in [2.24, 2.45) is 0 Å². The lowest BCUT2D eigenvalue weighted by Gasteiger charge is -2.17. The molecule has 0 radical (unpaired) electrons. The summed E-state index contributed by atoms with van der Waals surface area (Å²) in [6, 6.07) is 16.1. The predicted molar refractivity (Wildman–Crippen MR) is 74.2 cm³/mol. The van der Waals surface area contributed by atoms with Gasteiger partial charge in [-0.25, -0.2) is 4.39 Å². The minimum Gasteiger partial charge on any atom is -0.387 e. The Labute approximate surface area is 112 Å². The third-order valence-electron chi connectivity index (χ3n) is 3.17. The molecule has 0 aromatic heterocycles. The highest BCUT2D eigenvalue weighted by molar-refractivity contribution is 5.20. The van der Waals surface area contributed by atoms with Crippen LogP contribution in [0, 0.1) is 5.82 Å². The van der Waals surface area contributed by atoms with Crippen molar-refractivity contribution in [1.82, 2.24) is 5.32 Å². The van der Waals surface area contributed by atoms with E-state index in [1.807, 2.05) is 37.3 Å². The number of aliphatic hydroxyl groups excluding tert-OH is 1. The molecule has 19 heavy (non-hydrogen) atoms. The van der Waals surface area contributed by atoms with Crippen molar-refractivity contribution < 1.29 is 9.50 Å². The SMILES string of the molecule is C[C@H](NC[C@@H](O)c1ccc(F)cc1)c1ccccc1. The molecular formula is C16H18FNO. The summed E-state index contributed by atoms with van der Waals surface area (Å²) in [5.74, 6) is -0.290. The van der Waals surface area contributed by atoms with Gasteiger partial charge >= 0.3 is 0 Å². The maximum atomic E-state index is 12.8. The van der Waals surface area contributed by atoms with Gasteiger partial charge in [-0.2, -0.15) is 0 Å². The Bertz CT molecular complexity index is 498. The smallest absolute Gasteiger partial charge is 0.123 e. The summed E-state index contributed by atoms with van der Waals surface area (Å²) in [6.45, 7) is 2.48. The van der Waals surface area contributed by atoms with Gasteiger partial charge in [0.25, 0.3) is 0 Å². The van der Waals surface area contributed by atoms with E-state index in [9.17, 15) is 9.50 Å². The summed E-state index contributed by atoms with van der Waals surface area (Å²) in [7, 11) is 0. The lowest BCUT2D eigenvalue weighted by atomic mass is 10.1. The molecule has 0 amide bonds. The van der Waals surface area contributed by atoms with Crippen molar-refractivity contribution in [3.8, 4) is 0 Å². The zero-order valence-electron chi connectivity index (χ0n) is 10.9. The van der Waals surface area contributed by atoms with Crippen molar-refractivity contribution in [3.63, 3.8) is 0 Å². The first kappa shape index (κ1) is 13.7. The summed E-state index contributed by atoms with van der Waals surface area (Å²) in [4.78, 5) is 0. The molecule has 0 bridgehead atoms. The van der Waals surface area contributed by atoms with Crippen molar-refractivity contribution >= 4 is 0 Å². The highest BCUT2D eigenvalue weighted by Gasteiger charge is 2.10. The second kappa shape index (κ2) is 6.45. The average Bonchev–Trinajstić information content (AvgIpc) is 2.46. The standard InChI is InChI=1S/C16H18FNO/c1-12(13-5-3-2-4-6-13)18-11-16(19)14-7-9-15(17)10-8-14/h2-10,12,16,18-19H,11H2,1H3/t12-,16+/m0/s1. The largest absolute Gasteiger partial charge is 0.387 e. The zero-order chi connectivity index (χ0) is 13.7. The summed E-state index contributed by atoms with van der Waals surface area (Å²) in [5.41, 5.74) is 1.89. The van der Waals surface area contributed by atoms with Crippen LogP contribution in [-0.4, -0.2) is 11.7 Å². The Morgan fingerprint density at radius 1 is 1.00 bits per heavy atom. The van der Waals surface area contributed by atoms with Crippen molar-refractivity contribution in [1.29, 1.82) is 0 Å². The first-order valence-electron chi connectivity index (χ1n) is 6.38. The fraction of sp³-hybridized carbons (Fsp3) is 0.250. The van der Waals surface area contributed by atoms with E-state index in [-0.39, 0.29) is 11.9 Å². The number of halogens is 1. The average molecular weight is 259 g/mol. The number of hydrogen-bond acceptors (Lipinski definition) is 2. The molecule has 2 nitrogen and oxygen atoms in total. The molecule has 2 aromatic rings.